The predicted molar refractivity (Wildman–Crippen MR) is 54.6 cm³/mol. The Morgan fingerprint density at radius 2 is 2.31 bits per heavy atom. The number of nitrogens with one attached hydrogen (secondary N) is 1. The van der Waals surface area contributed by atoms with E-state index < -0.39 is 0 Å². The maximum absolute atomic E-state index is 13.0. The maximum atomic E-state index is 13.0. The van der Waals surface area contributed by atoms with Crippen LogP contribution in [0.5, 0.6) is 0 Å². The summed E-state index contributed by atoms with van der Waals surface area (Å²) in [7, 11) is 0. The Labute approximate surface area is 85.5 Å². The summed E-state index contributed by atoms with van der Waals surface area (Å²) in [6.45, 7) is 1.06. The molecule has 0 atom stereocenters. The molecule has 3 heteroatoms. The van der Waals surface area contributed by atoms with Gasteiger partial charge in [0.15, 0.2) is 0 Å². The standard InChI is InChI=1S/C10H9BrFN/c1-2-6-13-7-8-4-3-5-9(12)10(8)11/h1,3-5,13H,6-7H2. The van der Waals surface area contributed by atoms with Gasteiger partial charge in [0.25, 0.3) is 0 Å². The fraction of sp³-hybridized carbons (Fsp3) is 0.200. The summed E-state index contributed by atoms with van der Waals surface area (Å²) in [5.41, 5.74) is 0.871. The molecule has 0 aliphatic heterocycles. The fourth-order valence-corrected chi connectivity index (χ4v) is 1.36. The molecule has 1 aromatic rings. The highest BCUT2D eigenvalue weighted by atomic mass is 79.9. The molecule has 0 spiro atoms. The lowest BCUT2D eigenvalue weighted by atomic mass is 10.2. The van der Waals surface area contributed by atoms with Crippen molar-refractivity contribution in [1.29, 1.82) is 0 Å². The van der Waals surface area contributed by atoms with Gasteiger partial charge in [0.05, 0.1) is 11.0 Å². The van der Waals surface area contributed by atoms with Crippen LogP contribution in [0.3, 0.4) is 0 Å². The van der Waals surface area contributed by atoms with Gasteiger partial charge in [-0.3, -0.25) is 0 Å². The zero-order valence-electron chi connectivity index (χ0n) is 6.98. The van der Waals surface area contributed by atoms with Crippen LogP contribution in [0.25, 0.3) is 0 Å². The van der Waals surface area contributed by atoms with Crippen molar-refractivity contribution in [2.24, 2.45) is 0 Å². The number of terminal acetylenes is 1. The van der Waals surface area contributed by atoms with E-state index in [9.17, 15) is 4.39 Å². The molecule has 0 aliphatic rings. The van der Waals surface area contributed by atoms with Crippen molar-refractivity contribution in [2.75, 3.05) is 6.54 Å². The highest BCUT2D eigenvalue weighted by Crippen LogP contribution is 2.19. The molecule has 1 nitrogen and oxygen atoms in total. The van der Waals surface area contributed by atoms with Crippen LogP contribution in [0.1, 0.15) is 5.56 Å². The Bertz CT molecular complexity index is 330. The van der Waals surface area contributed by atoms with E-state index >= 15 is 0 Å². The van der Waals surface area contributed by atoms with Gasteiger partial charge in [0.2, 0.25) is 0 Å². The number of halogens is 2. The second kappa shape index (κ2) is 5.00. The zero-order chi connectivity index (χ0) is 9.68. The first-order chi connectivity index (χ1) is 6.25. The molecule has 1 rings (SSSR count). The van der Waals surface area contributed by atoms with Gasteiger partial charge in [0, 0.05) is 6.54 Å². The van der Waals surface area contributed by atoms with Crippen LogP contribution in [0.15, 0.2) is 22.7 Å². The number of rotatable bonds is 3. The SMILES string of the molecule is C#CCNCc1cccc(F)c1Br. The van der Waals surface area contributed by atoms with Gasteiger partial charge in [-0.25, -0.2) is 4.39 Å². The molecule has 0 unspecified atom stereocenters. The van der Waals surface area contributed by atoms with Crippen molar-refractivity contribution in [3.63, 3.8) is 0 Å². The van der Waals surface area contributed by atoms with Gasteiger partial charge in [0.1, 0.15) is 5.82 Å². The molecule has 0 radical (unpaired) electrons. The molecule has 0 aliphatic carbocycles. The van der Waals surface area contributed by atoms with Gasteiger partial charge < -0.3 is 5.32 Å². The molecule has 0 fully saturated rings. The van der Waals surface area contributed by atoms with Crippen molar-refractivity contribution in [3.8, 4) is 12.3 Å². The van der Waals surface area contributed by atoms with Gasteiger partial charge >= 0.3 is 0 Å². The first kappa shape index (κ1) is 10.2. The van der Waals surface area contributed by atoms with E-state index in [0.717, 1.165) is 5.56 Å². The normalized spacial score (nSPS) is 9.62. The molecule has 0 aromatic heterocycles. The summed E-state index contributed by atoms with van der Waals surface area (Å²) in [5.74, 6) is 2.20. The molecular formula is C10H9BrFN. The van der Waals surface area contributed by atoms with Crippen molar-refractivity contribution in [3.05, 3.63) is 34.1 Å². The second-order valence-corrected chi connectivity index (χ2v) is 3.31. The van der Waals surface area contributed by atoms with E-state index in [0.29, 0.717) is 17.6 Å². The van der Waals surface area contributed by atoms with Crippen LogP contribution in [0, 0.1) is 18.2 Å². The Balaban J connectivity index is 2.67. The highest BCUT2D eigenvalue weighted by Gasteiger charge is 2.03. The summed E-state index contributed by atoms with van der Waals surface area (Å²) in [6.07, 6.45) is 5.06. The second-order valence-electron chi connectivity index (χ2n) is 2.52. The maximum Gasteiger partial charge on any atom is 0.137 e. The minimum atomic E-state index is -0.250. The van der Waals surface area contributed by atoms with E-state index in [1.54, 1.807) is 6.07 Å². The van der Waals surface area contributed by atoms with Crippen LogP contribution < -0.4 is 5.32 Å². The van der Waals surface area contributed by atoms with Crippen LogP contribution >= 0.6 is 15.9 Å². The lowest BCUT2D eigenvalue weighted by molar-refractivity contribution is 0.615. The van der Waals surface area contributed by atoms with E-state index in [-0.39, 0.29) is 5.82 Å². The summed E-state index contributed by atoms with van der Waals surface area (Å²) in [4.78, 5) is 0. The first-order valence-corrected chi connectivity index (χ1v) is 4.62. The van der Waals surface area contributed by atoms with E-state index in [1.807, 2.05) is 6.07 Å². The third-order valence-corrected chi connectivity index (χ3v) is 2.46. The van der Waals surface area contributed by atoms with Crippen molar-refractivity contribution >= 4 is 15.9 Å². The first-order valence-electron chi connectivity index (χ1n) is 3.82. The number of hydrogen-bond acceptors (Lipinski definition) is 1. The molecule has 0 saturated heterocycles. The Hall–Kier alpha value is -0.850. The van der Waals surface area contributed by atoms with Crippen molar-refractivity contribution in [1.82, 2.24) is 5.32 Å². The van der Waals surface area contributed by atoms with Gasteiger partial charge in [-0.2, -0.15) is 0 Å². The molecule has 0 heterocycles. The molecular weight excluding hydrogens is 233 g/mol. The summed E-state index contributed by atoms with van der Waals surface area (Å²) in [6, 6.07) is 4.93. The van der Waals surface area contributed by atoms with Crippen LogP contribution in [0.4, 0.5) is 4.39 Å². The average molecular weight is 242 g/mol. The molecule has 0 amide bonds. The third kappa shape index (κ3) is 2.83. The Morgan fingerprint density at radius 1 is 1.54 bits per heavy atom. The lowest BCUT2D eigenvalue weighted by Gasteiger charge is -2.04. The fourth-order valence-electron chi connectivity index (χ4n) is 0.954. The molecule has 0 bridgehead atoms. The molecule has 1 aromatic carbocycles. The minimum Gasteiger partial charge on any atom is -0.302 e. The van der Waals surface area contributed by atoms with Gasteiger partial charge in [-0.15, -0.1) is 6.42 Å². The monoisotopic (exact) mass is 241 g/mol. The zero-order valence-corrected chi connectivity index (χ0v) is 8.57. The third-order valence-electron chi connectivity index (χ3n) is 1.57. The molecule has 68 valence electrons. The smallest absolute Gasteiger partial charge is 0.137 e. The average Bonchev–Trinajstić information content (AvgIpc) is 2.13. The van der Waals surface area contributed by atoms with Crippen LogP contribution in [-0.2, 0) is 6.54 Å². The quantitative estimate of drug-likeness (QED) is 0.633. The van der Waals surface area contributed by atoms with Crippen LogP contribution in [0.2, 0.25) is 0 Å². The van der Waals surface area contributed by atoms with E-state index in [4.69, 9.17) is 6.42 Å². The lowest BCUT2D eigenvalue weighted by Crippen LogP contribution is -2.13. The molecule has 13 heavy (non-hydrogen) atoms. The van der Waals surface area contributed by atoms with Crippen molar-refractivity contribution in [2.45, 2.75) is 6.54 Å². The minimum absolute atomic E-state index is 0.250. The number of benzene rings is 1. The number of hydrogen-bond donors (Lipinski definition) is 1. The van der Waals surface area contributed by atoms with E-state index in [2.05, 4.69) is 27.2 Å². The Morgan fingerprint density at radius 3 is 3.00 bits per heavy atom. The Kier molecular flexibility index (Phi) is 3.94. The summed E-state index contributed by atoms with van der Waals surface area (Å²) >= 11 is 3.17. The van der Waals surface area contributed by atoms with Gasteiger partial charge in [-0.1, -0.05) is 18.1 Å². The highest BCUT2D eigenvalue weighted by molar-refractivity contribution is 9.10. The topological polar surface area (TPSA) is 12.0 Å². The largest absolute Gasteiger partial charge is 0.302 e. The predicted octanol–water partition coefficient (Wildman–Crippen LogP) is 2.31. The van der Waals surface area contributed by atoms with Crippen molar-refractivity contribution < 1.29 is 4.39 Å². The summed E-state index contributed by atoms with van der Waals surface area (Å²) in [5, 5.41) is 2.99. The van der Waals surface area contributed by atoms with Gasteiger partial charge in [-0.05, 0) is 27.6 Å². The van der Waals surface area contributed by atoms with E-state index in [1.165, 1.54) is 6.07 Å². The van der Waals surface area contributed by atoms with Crippen LogP contribution in [-0.4, -0.2) is 6.54 Å². The molecule has 0 saturated carbocycles. The summed E-state index contributed by atoms with van der Waals surface area (Å²) < 4.78 is 13.5. The molecule has 1 N–H and O–H groups in total.